The van der Waals surface area contributed by atoms with Crippen LogP contribution in [0, 0.1) is 5.41 Å². The second kappa shape index (κ2) is 3.96. The molecule has 94 valence electrons. The molecule has 2 atom stereocenters. The summed E-state index contributed by atoms with van der Waals surface area (Å²) >= 11 is 0. The van der Waals surface area contributed by atoms with E-state index in [9.17, 15) is 14.4 Å². The van der Waals surface area contributed by atoms with E-state index in [2.05, 4.69) is 0 Å². The van der Waals surface area contributed by atoms with E-state index < -0.39 is 22.9 Å². The predicted molar refractivity (Wildman–Crippen MR) is 58.3 cm³/mol. The second-order valence-electron chi connectivity index (χ2n) is 4.76. The Bertz CT molecular complexity index is 428. The molecule has 1 rings (SSSR count). The van der Waals surface area contributed by atoms with E-state index in [4.69, 9.17) is 15.9 Å². The van der Waals surface area contributed by atoms with Gasteiger partial charge >= 0.3 is 11.9 Å². The molecule has 17 heavy (non-hydrogen) atoms. The predicted octanol–water partition coefficient (Wildman–Crippen LogP) is 0.169. The molecule has 0 heterocycles. The summed E-state index contributed by atoms with van der Waals surface area (Å²) in [5, 5.41) is 18.2. The van der Waals surface area contributed by atoms with Gasteiger partial charge in [0.2, 0.25) is 0 Å². The number of carbonyl (C=O) groups is 3. The Labute approximate surface area is 98.1 Å². The normalized spacial score (nSPS) is 32.8. The van der Waals surface area contributed by atoms with Crippen molar-refractivity contribution in [1.82, 2.24) is 0 Å². The Morgan fingerprint density at radius 3 is 2.18 bits per heavy atom. The largest absolute Gasteiger partial charge is 0.481 e. The van der Waals surface area contributed by atoms with Gasteiger partial charge in [-0.25, -0.2) is 0 Å². The van der Waals surface area contributed by atoms with Crippen molar-refractivity contribution in [2.45, 2.75) is 32.2 Å². The molecule has 0 spiro atoms. The first-order valence-corrected chi connectivity index (χ1v) is 5.09. The zero-order chi connectivity index (χ0) is 13.4. The number of carbonyl (C=O) groups excluding carboxylic acids is 1. The van der Waals surface area contributed by atoms with Gasteiger partial charge < -0.3 is 15.9 Å². The molecule has 0 aromatic carbocycles. The van der Waals surface area contributed by atoms with E-state index in [0.717, 1.165) is 0 Å². The van der Waals surface area contributed by atoms with Crippen LogP contribution in [0.25, 0.3) is 0 Å². The monoisotopic (exact) mass is 241 g/mol. The summed E-state index contributed by atoms with van der Waals surface area (Å²) in [6.45, 7) is 2.63. The molecule has 0 fully saturated rings. The van der Waals surface area contributed by atoms with E-state index in [-0.39, 0.29) is 24.2 Å². The van der Waals surface area contributed by atoms with E-state index in [0.29, 0.717) is 0 Å². The number of carboxylic acids is 2. The van der Waals surface area contributed by atoms with Crippen LogP contribution < -0.4 is 5.73 Å². The zero-order valence-corrected chi connectivity index (χ0v) is 9.69. The summed E-state index contributed by atoms with van der Waals surface area (Å²) in [7, 11) is 0. The molecule has 6 nitrogen and oxygen atoms in total. The third kappa shape index (κ3) is 2.36. The summed E-state index contributed by atoms with van der Waals surface area (Å²) in [5.41, 5.74) is 2.72. The highest BCUT2D eigenvalue weighted by Crippen LogP contribution is 2.39. The van der Waals surface area contributed by atoms with Crippen molar-refractivity contribution in [3.8, 4) is 0 Å². The van der Waals surface area contributed by atoms with Crippen LogP contribution in [0.5, 0.6) is 0 Å². The third-order valence-electron chi connectivity index (χ3n) is 3.05. The SMILES string of the molecule is CC(=O)C1=CC(C)(C(=O)O)CC(N)(C(=O)O)C1. The minimum atomic E-state index is -1.71. The van der Waals surface area contributed by atoms with E-state index in [1.54, 1.807) is 0 Å². The van der Waals surface area contributed by atoms with Gasteiger partial charge in [-0.2, -0.15) is 0 Å². The Balaban J connectivity index is 3.29. The summed E-state index contributed by atoms with van der Waals surface area (Å²) in [5.74, 6) is -2.84. The average molecular weight is 241 g/mol. The summed E-state index contributed by atoms with van der Waals surface area (Å²) in [6.07, 6.45) is 0.938. The van der Waals surface area contributed by atoms with Gasteiger partial charge in [-0.05, 0) is 25.8 Å². The van der Waals surface area contributed by atoms with Crippen molar-refractivity contribution in [3.05, 3.63) is 11.6 Å². The molecule has 0 amide bonds. The summed E-state index contributed by atoms with van der Waals surface area (Å²) < 4.78 is 0. The minimum Gasteiger partial charge on any atom is -0.481 e. The third-order valence-corrected chi connectivity index (χ3v) is 3.05. The number of nitrogens with two attached hydrogens (primary N) is 1. The quantitative estimate of drug-likeness (QED) is 0.648. The lowest BCUT2D eigenvalue weighted by Gasteiger charge is -2.37. The molecular formula is C11H15NO5. The van der Waals surface area contributed by atoms with E-state index >= 15 is 0 Å². The fourth-order valence-electron chi connectivity index (χ4n) is 2.06. The number of aliphatic carboxylic acids is 2. The number of hydrogen-bond donors (Lipinski definition) is 3. The van der Waals surface area contributed by atoms with Crippen LogP contribution in [0.15, 0.2) is 11.6 Å². The number of ketones is 1. The maximum atomic E-state index is 11.3. The van der Waals surface area contributed by atoms with Crippen molar-refractivity contribution in [1.29, 1.82) is 0 Å². The molecule has 0 aliphatic heterocycles. The molecule has 0 saturated heterocycles. The highest BCUT2D eigenvalue weighted by molar-refractivity contribution is 5.97. The molecule has 6 heteroatoms. The molecule has 1 aliphatic carbocycles. The summed E-state index contributed by atoms with van der Waals surface area (Å²) in [6, 6.07) is 0. The van der Waals surface area contributed by atoms with Crippen molar-refractivity contribution >= 4 is 17.7 Å². The second-order valence-corrected chi connectivity index (χ2v) is 4.76. The van der Waals surface area contributed by atoms with Crippen molar-refractivity contribution in [2.75, 3.05) is 0 Å². The number of Topliss-reactive ketones (excluding diaryl/α,β-unsaturated/α-hetero) is 1. The Morgan fingerprint density at radius 1 is 1.29 bits per heavy atom. The van der Waals surface area contributed by atoms with Crippen LogP contribution >= 0.6 is 0 Å². The molecule has 2 unspecified atom stereocenters. The van der Waals surface area contributed by atoms with Gasteiger partial charge in [0.05, 0.1) is 5.41 Å². The van der Waals surface area contributed by atoms with Crippen molar-refractivity contribution in [2.24, 2.45) is 11.1 Å². The number of rotatable bonds is 3. The lowest BCUT2D eigenvalue weighted by molar-refractivity contribution is -0.150. The fourth-order valence-corrected chi connectivity index (χ4v) is 2.06. The molecule has 0 aromatic heterocycles. The fraction of sp³-hybridized carbons (Fsp3) is 0.545. The lowest BCUT2D eigenvalue weighted by Crippen LogP contribution is -2.55. The van der Waals surface area contributed by atoms with Gasteiger partial charge in [-0.3, -0.25) is 14.4 Å². The molecule has 4 N–H and O–H groups in total. The van der Waals surface area contributed by atoms with Gasteiger partial charge in [-0.1, -0.05) is 6.08 Å². The minimum absolute atomic E-state index is 0.138. The van der Waals surface area contributed by atoms with Crippen LogP contribution in [0.3, 0.4) is 0 Å². The first-order chi connectivity index (χ1) is 7.61. The van der Waals surface area contributed by atoms with Crippen LogP contribution in [0.4, 0.5) is 0 Å². The van der Waals surface area contributed by atoms with Crippen LogP contribution in [0.2, 0.25) is 0 Å². The summed E-state index contributed by atoms with van der Waals surface area (Å²) in [4.78, 5) is 33.6. The standard InChI is InChI=1S/C11H15NO5/c1-6(13)7-3-10(2,8(14)15)5-11(12,4-7)9(16)17/h3H,4-5,12H2,1-2H3,(H,14,15)(H,16,17). The van der Waals surface area contributed by atoms with Crippen molar-refractivity contribution < 1.29 is 24.6 Å². The smallest absolute Gasteiger partial charge is 0.324 e. The Morgan fingerprint density at radius 2 is 1.82 bits per heavy atom. The molecular weight excluding hydrogens is 226 g/mol. The lowest BCUT2D eigenvalue weighted by atomic mass is 9.68. The van der Waals surface area contributed by atoms with E-state index in [1.165, 1.54) is 19.9 Å². The first-order valence-electron chi connectivity index (χ1n) is 5.09. The van der Waals surface area contributed by atoms with Crippen LogP contribution in [0.1, 0.15) is 26.7 Å². The Hall–Kier alpha value is -1.69. The van der Waals surface area contributed by atoms with Crippen LogP contribution in [-0.2, 0) is 14.4 Å². The molecule has 0 bridgehead atoms. The number of carboxylic acid groups (broad SMARTS) is 2. The van der Waals surface area contributed by atoms with Gasteiger partial charge in [0, 0.05) is 6.42 Å². The van der Waals surface area contributed by atoms with Gasteiger partial charge in [-0.15, -0.1) is 0 Å². The molecule has 0 aromatic rings. The average Bonchev–Trinajstić information content (AvgIpc) is 2.15. The van der Waals surface area contributed by atoms with Crippen LogP contribution in [-0.4, -0.2) is 33.5 Å². The molecule has 0 radical (unpaired) electrons. The topological polar surface area (TPSA) is 118 Å². The van der Waals surface area contributed by atoms with Gasteiger partial charge in [0.1, 0.15) is 5.54 Å². The maximum Gasteiger partial charge on any atom is 0.324 e. The Kier molecular flexibility index (Phi) is 3.11. The highest BCUT2D eigenvalue weighted by atomic mass is 16.4. The highest BCUT2D eigenvalue weighted by Gasteiger charge is 2.49. The molecule has 0 saturated carbocycles. The number of hydrogen-bond acceptors (Lipinski definition) is 4. The van der Waals surface area contributed by atoms with E-state index in [1.807, 2.05) is 0 Å². The maximum absolute atomic E-state index is 11.3. The van der Waals surface area contributed by atoms with Crippen molar-refractivity contribution in [3.63, 3.8) is 0 Å². The first kappa shape index (κ1) is 13.4. The van der Waals surface area contributed by atoms with Gasteiger partial charge in [0.15, 0.2) is 5.78 Å². The van der Waals surface area contributed by atoms with Gasteiger partial charge in [0.25, 0.3) is 0 Å². The zero-order valence-electron chi connectivity index (χ0n) is 9.69. The molecule has 1 aliphatic rings.